The average molecular weight is 132 g/mol. The van der Waals surface area contributed by atoms with E-state index in [9.17, 15) is 8.78 Å². The van der Waals surface area contributed by atoms with Gasteiger partial charge in [-0.15, -0.1) is 0 Å². The summed E-state index contributed by atoms with van der Waals surface area (Å²) in [6.07, 6.45) is 0.423. The van der Waals surface area contributed by atoms with Gasteiger partial charge in [0.1, 0.15) is 5.83 Å². The van der Waals surface area contributed by atoms with Crippen LogP contribution in [0.1, 0.15) is 0 Å². The van der Waals surface area contributed by atoms with Gasteiger partial charge in [0.05, 0.1) is 5.70 Å². The Morgan fingerprint density at radius 1 is 1.67 bits per heavy atom. The zero-order valence-electron chi connectivity index (χ0n) is 4.57. The molecule has 0 fully saturated rings. The molecule has 9 heavy (non-hydrogen) atoms. The SMILES string of the molecule is NC1=CNC(F)C=C1F. The molecule has 0 saturated heterocycles. The maximum Gasteiger partial charge on any atom is 0.191 e. The number of allylic oxidation sites excluding steroid dienone is 1. The van der Waals surface area contributed by atoms with Crippen molar-refractivity contribution < 1.29 is 8.78 Å². The third-order valence-electron chi connectivity index (χ3n) is 0.966. The van der Waals surface area contributed by atoms with Crippen LogP contribution >= 0.6 is 0 Å². The van der Waals surface area contributed by atoms with Crippen LogP contribution in [0.5, 0.6) is 0 Å². The van der Waals surface area contributed by atoms with E-state index in [0.717, 1.165) is 12.3 Å². The van der Waals surface area contributed by atoms with E-state index in [1.54, 1.807) is 0 Å². The van der Waals surface area contributed by atoms with Crippen LogP contribution in [-0.2, 0) is 0 Å². The van der Waals surface area contributed by atoms with E-state index >= 15 is 0 Å². The molecular formula is C5H6F2N2. The Labute approximate surface area is 51.0 Å². The summed E-state index contributed by atoms with van der Waals surface area (Å²) >= 11 is 0. The minimum atomic E-state index is -1.45. The van der Waals surface area contributed by atoms with Crippen molar-refractivity contribution in [3.05, 3.63) is 23.8 Å². The van der Waals surface area contributed by atoms with Gasteiger partial charge in [0, 0.05) is 12.3 Å². The summed E-state index contributed by atoms with van der Waals surface area (Å²) in [5, 5.41) is 2.19. The van der Waals surface area contributed by atoms with E-state index in [1.807, 2.05) is 0 Å². The van der Waals surface area contributed by atoms with Gasteiger partial charge in [0.25, 0.3) is 0 Å². The number of hydrogen-bond donors (Lipinski definition) is 2. The lowest BCUT2D eigenvalue weighted by molar-refractivity contribution is 0.354. The van der Waals surface area contributed by atoms with E-state index < -0.39 is 12.1 Å². The molecule has 1 aliphatic rings. The fourth-order valence-corrected chi connectivity index (χ4v) is 0.511. The molecule has 3 N–H and O–H groups in total. The highest BCUT2D eigenvalue weighted by atomic mass is 19.1. The maximum atomic E-state index is 12.2. The van der Waals surface area contributed by atoms with Crippen molar-refractivity contribution in [2.24, 2.45) is 5.73 Å². The summed E-state index contributed by atoms with van der Waals surface area (Å²) in [7, 11) is 0. The van der Waals surface area contributed by atoms with Gasteiger partial charge in [0.15, 0.2) is 6.30 Å². The Hall–Kier alpha value is -1.06. The topological polar surface area (TPSA) is 38.0 Å². The lowest BCUT2D eigenvalue weighted by Gasteiger charge is -2.09. The van der Waals surface area contributed by atoms with Gasteiger partial charge in [-0.2, -0.15) is 0 Å². The Balaban J connectivity index is 2.75. The van der Waals surface area contributed by atoms with Crippen LogP contribution in [0, 0.1) is 0 Å². The van der Waals surface area contributed by atoms with Gasteiger partial charge < -0.3 is 11.1 Å². The highest BCUT2D eigenvalue weighted by Crippen LogP contribution is 2.10. The molecule has 0 saturated carbocycles. The second-order valence-electron chi connectivity index (χ2n) is 1.68. The van der Waals surface area contributed by atoms with Crippen LogP contribution in [0.3, 0.4) is 0 Å². The number of halogens is 2. The predicted octanol–water partition coefficient (Wildman–Crippen LogP) is 0.539. The largest absolute Gasteiger partial charge is 0.395 e. The number of nitrogens with one attached hydrogen (secondary N) is 1. The first-order chi connectivity index (χ1) is 4.20. The Morgan fingerprint density at radius 2 is 2.33 bits per heavy atom. The van der Waals surface area contributed by atoms with Crippen molar-refractivity contribution in [2.45, 2.75) is 6.30 Å². The number of rotatable bonds is 0. The molecular weight excluding hydrogens is 126 g/mol. The van der Waals surface area contributed by atoms with Gasteiger partial charge in [-0.25, -0.2) is 8.78 Å². The summed E-state index contributed by atoms with van der Waals surface area (Å²) in [6, 6.07) is 0. The monoisotopic (exact) mass is 132 g/mol. The first-order valence-corrected chi connectivity index (χ1v) is 2.43. The summed E-state index contributed by atoms with van der Waals surface area (Å²) in [5.41, 5.74) is 4.96. The first kappa shape index (κ1) is 6.07. The second-order valence-corrected chi connectivity index (χ2v) is 1.68. The third-order valence-corrected chi connectivity index (χ3v) is 0.966. The molecule has 0 aromatic carbocycles. The van der Waals surface area contributed by atoms with Crippen molar-refractivity contribution in [2.75, 3.05) is 0 Å². The third kappa shape index (κ3) is 1.19. The quantitative estimate of drug-likeness (QED) is 0.472. The van der Waals surface area contributed by atoms with E-state index in [2.05, 4.69) is 5.32 Å². The van der Waals surface area contributed by atoms with E-state index in [1.165, 1.54) is 0 Å². The minimum absolute atomic E-state index is 0.0658. The van der Waals surface area contributed by atoms with Crippen LogP contribution in [0.25, 0.3) is 0 Å². The maximum absolute atomic E-state index is 12.2. The van der Waals surface area contributed by atoms with Crippen LogP contribution in [0.4, 0.5) is 8.78 Å². The van der Waals surface area contributed by atoms with Crippen molar-refractivity contribution in [3.63, 3.8) is 0 Å². The molecule has 0 radical (unpaired) electrons. The molecule has 1 rings (SSSR count). The molecule has 4 heteroatoms. The smallest absolute Gasteiger partial charge is 0.191 e. The van der Waals surface area contributed by atoms with Gasteiger partial charge in [-0.05, 0) is 0 Å². The molecule has 1 unspecified atom stereocenters. The lowest BCUT2D eigenvalue weighted by Crippen LogP contribution is -2.23. The standard InChI is InChI=1S/C5H6F2N2/c6-3-1-5(7)9-2-4(3)8/h1-2,5,9H,8H2. The molecule has 0 spiro atoms. The molecule has 0 aliphatic carbocycles. The fourth-order valence-electron chi connectivity index (χ4n) is 0.511. The molecule has 0 aromatic rings. The van der Waals surface area contributed by atoms with E-state index in [4.69, 9.17) is 5.73 Å². The molecule has 2 nitrogen and oxygen atoms in total. The molecule has 0 amide bonds. The Morgan fingerprint density at radius 3 is 2.78 bits per heavy atom. The van der Waals surface area contributed by atoms with Crippen LogP contribution < -0.4 is 11.1 Å². The molecule has 1 atom stereocenters. The first-order valence-electron chi connectivity index (χ1n) is 2.43. The van der Waals surface area contributed by atoms with Crippen molar-refractivity contribution in [1.82, 2.24) is 5.32 Å². The molecule has 1 aliphatic heterocycles. The summed E-state index contributed by atoms with van der Waals surface area (Å²) in [4.78, 5) is 0. The highest BCUT2D eigenvalue weighted by molar-refractivity contribution is 5.25. The summed E-state index contributed by atoms with van der Waals surface area (Å²) in [5.74, 6) is -0.707. The fraction of sp³-hybridized carbons (Fsp3) is 0.200. The van der Waals surface area contributed by atoms with Gasteiger partial charge in [-0.3, -0.25) is 0 Å². The predicted molar refractivity (Wildman–Crippen MR) is 29.5 cm³/mol. The highest BCUT2D eigenvalue weighted by Gasteiger charge is 2.09. The zero-order valence-corrected chi connectivity index (χ0v) is 4.57. The van der Waals surface area contributed by atoms with Gasteiger partial charge in [-0.1, -0.05) is 0 Å². The second kappa shape index (κ2) is 2.05. The van der Waals surface area contributed by atoms with Gasteiger partial charge in [0.2, 0.25) is 0 Å². The number of alkyl halides is 1. The van der Waals surface area contributed by atoms with Crippen LogP contribution in [-0.4, -0.2) is 6.30 Å². The van der Waals surface area contributed by atoms with E-state index in [0.29, 0.717) is 0 Å². The minimum Gasteiger partial charge on any atom is -0.395 e. The zero-order chi connectivity index (χ0) is 6.85. The van der Waals surface area contributed by atoms with Crippen molar-refractivity contribution in [1.29, 1.82) is 0 Å². The van der Waals surface area contributed by atoms with Crippen molar-refractivity contribution in [3.8, 4) is 0 Å². The Bertz CT molecular complexity index is 174. The Kier molecular flexibility index (Phi) is 1.38. The van der Waals surface area contributed by atoms with Gasteiger partial charge >= 0.3 is 0 Å². The summed E-state index contributed by atoms with van der Waals surface area (Å²) in [6.45, 7) is 0. The lowest BCUT2D eigenvalue weighted by atomic mass is 10.3. The average Bonchev–Trinajstić information content (AvgIpc) is 1.80. The van der Waals surface area contributed by atoms with Crippen LogP contribution in [0.2, 0.25) is 0 Å². The summed E-state index contributed by atoms with van der Waals surface area (Å²) < 4.78 is 24.3. The number of dihydropyridines is 1. The number of nitrogens with two attached hydrogens (primary N) is 1. The normalized spacial score (nSPS) is 26.2. The van der Waals surface area contributed by atoms with Crippen LogP contribution in [0.15, 0.2) is 23.8 Å². The molecule has 1 heterocycles. The molecule has 50 valence electrons. The van der Waals surface area contributed by atoms with E-state index in [-0.39, 0.29) is 5.70 Å². The van der Waals surface area contributed by atoms with Crippen molar-refractivity contribution >= 4 is 0 Å². The molecule has 0 bridgehead atoms. The molecule has 0 aromatic heterocycles. The number of hydrogen-bond acceptors (Lipinski definition) is 2.